The molecule has 0 amide bonds. The summed E-state index contributed by atoms with van der Waals surface area (Å²) >= 11 is 3.61. The minimum atomic E-state index is 0.187. The van der Waals surface area contributed by atoms with E-state index in [2.05, 4.69) is 61.0 Å². The number of alkyl halides is 1. The summed E-state index contributed by atoms with van der Waals surface area (Å²) in [6.07, 6.45) is 5.56. The molecule has 1 aromatic rings. The zero-order chi connectivity index (χ0) is 13.9. The second-order valence-corrected chi connectivity index (χ2v) is 7.15. The molecule has 19 heavy (non-hydrogen) atoms. The lowest BCUT2D eigenvalue weighted by Gasteiger charge is -2.36. The molecule has 1 nitrogen and oxygen atoms in total. The summed E-state index contributed by atoms with van der Waals surface area (Å²) in [5, 5.41) is 0.873. The van der Waals surface area contributed by atoms with E-state index in [1.807, 2.05) is 0 Å². The van der Waals surface area contributed by atoms with Crippen LogP contribution in [-0.4, -0.2) is 11.4 Å². The predicted octanol–water partition coefficient (Wildman–Crippen LogP) is 5.42. The molecule has 0 aliphatic heterocycles. The normalized spacial score (nSPS) is 21.3. The van der Waals surface area contributed by atoms with E-state index in [1.165, 1.54) is 36.8 Å². The Labute approximate surface area is 125 Å². The maximum Gasteiger partial charge on any atom is 0.0927 e. The van der Waals surface area contributed by atoms with Crippen LogP contribution in [0.15, 0.2) is 24.3 Å². The molecular formula is C17H25BrO. The molecule has 0 radical (unpaired) electrons. The van der Waals surface area contributed by atoms with Crippen molar-refractivity contribution in [2.45, 2.75) is 58.7 Å². The van der Waals surface area contributed by atoms with Crippen molar-refractivity contribution < 1.29 is 4.74 Å². The quantitative estimate of drug-likeness (QED) is 0.672. The van der Waals surface area contributed by atoms with Crippen molar-refractivity contribution in [1.29, 1.82) is 0 Å². The van der Waals surface area contributed by atoms with Gasteiger partial charge in [0.15, 0.2) is 0 Å². The first-order valence-electron chi connectivity index (χ1n) is 7.29. The van der Waals surface area contributed by atoms with Gasteiger partial charge in [-0.2, -0.15) is 0 Å². The Morgan fingerprint density at radius 2 is 1.89 bits per heavy atom. The Morgan fingerprint density at radius 3 is 2.47 bits per heavy atom. The van der Waals surface area contributed by atoms with E-state index < -0.39 is 0 Å². The molecule has 2 rings (SSSR count). The van der Waals surface area contributed by atoms with Crippen LogP contribution in [0.3, 0.4) is 0 Å². The first-order chi connectivity index (χ1) is 9.02. The van der Waals surface area contributed by atoms with Crippen molar-refractivity contribution in [2.24, 2.45) is 5.41 Å². The van der Waals surface area contributed by atoms with Crippen LogP contribution in [-0.2, 0) is 4.74 Å². The second kappa shape index (κ2) is 6.41. The molecule has 0 spiro atoms. The third-order valence-electron chi connectivity index (χ3n) is 4.32. The molecule has 0 bridgehead atoms. The number of ether oxygens (including phenoxy) is 1. The summed E-state index contributed by atoms with van der Waals surface area (Å²) in [4.78, 5) is 0. The summed E-state index contributed by atoms with van der Waals surface area (Å²) in [7, 11) is 0. The molecule has 0 saturated heterocycles. The molecule has 1 fully saturated rings. The molecule has 106 valence electrons. The Hall–Kier alpha value is -0.340. The average molecular weight is 325 g/mol. The highest BCUT2D eigenvalue weighted by molar-refractivity contribution is 9.09. The van der Waals surface area contributed by atoms with Gasteiger partial charge < -0.3 is 4.74 Å². The molecule has 1 atom stereocenters. The molecule has 0 N–H and O–H groups in total. The van der Waals surface area contributed by atoms with E-state index in [0.29, 0.717) is 11.5 Å². The first kappa shape index (κ1) is 15.1. The number of hydrogen-bond acceptors (Lipinski definition) is 1. The summed E-state index contributed by atoms with van der Waals surface area (Å²) < 4.78 is 6.35. The van der Waals surface area contributed by atoms with Gasteiger partial charge in [-0.25, -0.2) is 0 Å². The van der Waals surface area contributed by atoms with E-state index in [9.17, 15) is 0 Å². The van der Waals surface area contributed by atoms with Gasteiger partial charge in [0.05, 0.1) is 12.2 Å². The molecular weight excluding hydrogens is 300 g/mol. The Balaban J connectivity index is 1.99. The van der Waals surface area contributed by atoms with Crippen molar-refractivity contribution in [2.75, 3.05) is 5.33 Å². The lowest BCUT2D eigenvalue weighted by molar-refractivity contribution is -0.0366. The molecule has 2 heteroatoms. The van der Waals surface area contributed by atoms with Gasteiger partial charge in [-0.1, -0.05) is 54.0 Å². The molecule has 1 unspecified atom stereocenters. The van der Waals surface area contributed by atoms with Crippen molar-refractivity contribution >= 4 is 15.9 Å². The number of hydrogen-bond donors (Lipinski definition) is 0. The van der Waals surface area contributed by atoms with Crippen molar-refractivity contribution in [1.82, 2.24) is 0 Å². The average Bonchev–Trinajstić information content (AvgIpc) is 2.39. The highest BCUT2D eigenvalue weighted by Gasteiger charge is 2.29. The second-order valence-electron chi connectivity index (χ2n) is 6.50. The summed E-state index contributed by atoms with van der Waals surface area (Å²) in [5.41, 5.74) is 3.15. The van der Waals surface area contributed by atoms with Gasteiger partial charge in [-0.05, 0) is 49.1 Å². The van der Waals surface area contributed by atoms with Crippen LogP contribution >= 0.6 is 15.9 Å². The fraction of sp³-hybridized carbons (Fsp3) is 0.647. The summed E-state index contributed by atoms with van der Waals surface area (Å²) in [5.74, 6) is 0. The molecule has 0 aromatic heterocycles. The third kappa shape index (κ3) is 4.06. The van der Waals surface area contributed by atoms with E-state index in [1.54, 1.807) is 0 Å². The molecule has 1 aromatic carbocycles. The zero-order valence-corrected chi connectivity index (χ0v) is 13.9. The Morgan fingerprint density at radius 1 is 1.26 bits per heavy atom. The largest absolute Gasteiger partial charge is 0.369 e. The van der Waals surface area contributed by atoms with Gasteiger partial charge >= 0.3 is 0 Å². The lowest BCUT2D eigenvalue weighted by Crippen LogP contribution is -2.28. The van der Waals surface area contributed by atoms with Crippen LogP contribution in [0.5, 0.6) is 0 Å². The van der Waals surface area contributed by atoms with Crippen molar-refractivity contribution in [3.05, 3.63) is 35.4 Å². The number of aryl methyl sites for hydroxylation is 1. The van der Waals surface area contributed by atoms with Gasteiger partial charge in [-0.3, -0.25) is 0 Å². The van der Waals surface area contributed by atoms with E-state index in [4.69, 9.17) is 4.74 Å². The fourth-order valence-corrected chi connectivity index (χ4v) is 3.38. The Kier molecular flexibility index (Phi) is 5.08. The molecule has 0 heterocycles. The monoisotopic (exact) mass is 324 g/mol. The maximum atomic E-state index is 6.35. The summed E-state index contributed by atoms with van der Waals surface area (Å²) in [6.45, 7) is 6.90. The zero-order valence-electron chi connectivity index (χ0n) is 12.3. The van der Waals surface area contributed by atoms with E-state index >= 15 is 0 Å². The van der Waals surface area contributed by atoms with Crippen LogP contribution < -0.4 is 0 Å². The van der Waals surface area contributed by atoms with Crippen LogP contribution in [0, 0.1) is 12.3 Å². The lowest BCUT2D eigenvalue weighted by atomic mass is 9.76. The van der Waals surface area contributed by atoms with Gasteiger partial charge in [0.25, 0.3) is 0 Å². The smallest absolute Gasteiger partial charge is 0.0927 e. The topological polar surface area (TPSA) is 9.23 Å². The van der Waals surface area contributed by atoms with Crippen LogP contribution in [0.25, 0.3) is 0 Å². The molecule has 1 aliphatic rings. The standard InChI is InChI=1S/C17H25BrO/c1-13-6-4-5-7-15(13)16(12-18)19-14-8-10-17(2,3)11-9-14/h4-7,14,16H,8-12H2,1-3H3. The minimum absolute atomic E-state index is 0.187. The highest BCUT2D eigenvalue weighted by atomic mass is 79.9. The Bertz CT molecular complexity index is 403. The fourth-order valence-electron chi connectivity index (χ4n) is 2.88. The van der Waals surface area contributed by atoms with Gasteiger partial charge in [0, 0.05) is 5.33 Å². The van der Waals surface area contributed by atoms with Crippen molar-refractivity contribution in [3.8, 4) is 0 Å². The predicted molar refractivity (Wildman–Crippen MR) is 84.8 cm³/mol. The highest BCUT2D eigenvalue weighted by Crippen LogP contribution is 2.38. The molecule has 1 saturated carbocycles. The third-order valence-corrected chi connectivity index (χ3v) is 4.91. The van der Waals surface area contributed by atoms with Crippen LogP contribution in [0.2, 0.25) is 0 Å². The van der Waals surface area contributed by atoms with Crippen LogP contribution in [0.1, 0.15) is 56.8 Å². The van der Waals surface area contributed by atoms with Crippen molar-refractivity contribution in [3.63, 3.8) is 0 Å². The first-order valence-corrected chi connectivity index (χ1v) is 8.41. The minimum Gasteiger partial charge on any atom is -0.369 e. The number of halogens is 1. The maximum absolute atomic E-state index is 6.35. The number of rotatable bonds is 4. The SMILES string of the molecule is Cc1ccccc1C(CBr)OC1CCC(C)(C)CC1. The van der Waals surface area contributed by atoms with E-state index in [-0.39, 0.29) is 6.10 Å². The van der Waals surface area contributed by atoms with Gasteiger partial charge in [0.2, 0.25) is 0 Å². The van der Waals surface area contributed by atoms with Gasteiger partial charge in [-0.15, -0.1) is 0 Å². The number of benzene rings is 1. The summed E-state index contributed by atoms with van der Waals surface area (Å²) in [6, 6.07) is 8.55. The van der Waals surface area contributed by atoms with Gasteiger partial charge in [0.1, 0.15) is 0 Å². The molecule has 1 aliphatic carbocycles. The van der Waals surface area contributed by atoms with E-state index in [0.717, 1.165) is 5.33 Å². The van der Waals surface area contributed by atoms with Crippen LogP contribution in [0.4, 0.5) is 0 Å².